The van der Waals surface area contributed by atoms with Gasteiger partial charge in [0.05, 0.1) is 11.8 Å². The summed E-state index contributed by atoms with van der Waals surface area (Å²) in [7, 11) is 0. The van der Waals surface area contributed by atoms with Crippen LogP contribution in [0.25, 0.3) is 0 Å². The molecule has 0 saturated heterocycles. The van der Waals surface area contributed by atoms with Crippen LogP contribution in [0.2, 0.25) is 0 Å². The van der Waals surface area contributed by atoms with E-state index in [1.54, 1.807) is 6.07 Å². The maximum Gasteiger partial charge on any atom is 0.136 e. The molecule has 0 aliphatic carbocycles. The first-order chi connectivity index (χ1) is 4.88. The lowest BCUT2D eigenvalue weighted by Gasteiger charge is -1.92. The Morgan fingerprint density at radius 2 is 2.50 bits per heavy atom. The Labute approximate surface area is 63.1 Å². The van der Waals surface area contributed by atoms with Gasteiger partial charge in [0.1, 0.15) is 11.1 Å². The number of hydrogen-bond donors (Lipinski definition) is 0. The second-order valence-corrected chi connectivity index (χ2v) is 2.36. The van der Waals surface area contributed by atoms with E-state index < -0.39 is 0 Å². The fraction of sp³-hybridized carbons (Fsp3) is 0.167. The summed E-state index contributed by atoms with van der Waals surface area (Å²) in [6.07, 6.45) is 3.38. The largest absolute Gasteiger partial charge is 0.192 e. The number of nitrogens with zero attached hydrogens (tertiary/aromatic N) is 3. The zero-order valence-corrected chi connectivity index (χ0v) is 6.22. The van der Waals surface area contributed by atoms with Crippen LogP contribution in [0.5, 0.6) is 0 Å². The Balaban J connectivity index is 3.12. The van der Waals surface area contributed by atoms with Crippen LogP contribution in [-0.4, -0.2) is 16.5 Å². The molecule has 0 aliphatic heterocycles. The zero-order chi connectivity index (χ0) is 7.40. The van der Waals surface area contributed by atoms with Crippen LogP contribution in [0.4, 0.5) is 0 Å². The van der Waals surface area contributed by atoms with E-state index in [1.807, 2.05) is 12.3 Å². The van der Waals surface area contributed by atoms with E-state index in [-0.39, 0.29) is 0 Å². The fourth-order valence-electron chi connectivity index (χ4n) is 0.555. The maximum atomic E-state index is 8.52. The first-order valence-electron chi connectivity index (χ1n) is 2.64. The molecule has 0 amide bonds. The average molecular weight is 151 g/mol. The van der Waals surface area contributed by atoms with Crippen molar-refractivity contribution in [3.05, 3.63) is 17.8 Å². The molecule has 0 spiro atoms. The van der Waals surface area contributed by atoms with Gasteiger partial charge in [0.15, 0.2) is 0 Å². The van der Waals surface area contributed by atoms with Gasteiger partial charge in [-0.1, -0.05) is 0 Å². The molecule has 0 N–H and O–H groups in total. The lowest BCUT2D eigenvalue weighted by Crippen LogP contribution is -1.87. The number of hydrogen-bond acceptors (Lipinski definition) is 4. The van der Waals surface area contributed by atoms with Crippen molar-refractivity contribution in [1.29, 1.82) is 5.26 Å². The van der Waals surface area contributed by atoms with E-state index in [1.165, 1.54) is 18.0 Å². The molecule has 0 atom stereocenters. The smallest absolute Gasteiger partial charge is 0.136 e. The molecule has 0 aliphatic rings. The van der Waals surface area contributed by atoms with Gasteiger partial charge in [0.25, 0.3) is 0 Å². The van der Waals surface area contributed by atoms with E-state index in [4.69, 9.17) is 5.26 Å². The third kappa shape index (κ3) is 1.25. The van der Waals surface area contributed by atoms with Crippen molar-refractivity contribution in [2.45, 2.75) is 5.03 Å². The summed E-state index contributed by atoms with van der Waals surface area (Å²) in [5.74, 6) is 0. The van der Waals surface area contributed by atoms with Gasteiger partial charge in [-0.15, -0.1) is 16.9 Å². The van der Waals surface area contributed by atoms with Gasteiger partial charge < -0.3 is 0 Å². The predicted molar refractivity (Wildman–Crippen MR) is 38.5 cm³/mol. The SMILES string of the molecule is CSc1nnccc1C#N. The van der Waals surface area contributed by atoms with Gasteiger partial charge in [0, 0.05) is 0 Å². The van der Waals surface area contributed by atoms with E-state index in [9.17, 15) is 0 Å². The molecule has 0 fully saturated rings. The van der Waals surface area contributed by atoms with Gasteiger partial charge in [-0.2, -0.15) is 10.4 Å². The van der Waals surface area contributed by atoms with Crippen molar-refractivity contribution in [2.24, 2.45) is 0 Å². The average Bonchev–Trinajstić information content (AvgIpc) is 2.04. The number of rotatable bonds is 1. The molecular formula is C6H5N3S. The highest BCUT2D eigenvalue weighted by molar-refractivity contribution is 7.98. The minimum Gasteiger partial charge on any atom is -0.192 e. The molecule has 3 nitrogen and oxygen atoms in total. The third-order valence-electron chi connectivity index (χ3n) is 1.00. The van der Waals surface area contributed by atoms with Crippen molar-refractivity contribution >= 4 is 11.8 Å². The number of thioether (sulfide) groups is 1. The predicted octanol–water partition coefficient (Wildman–Crippen LogP) is 1.07. The van der Waals surface area contributed by atoms with Crippen LogP contribution in [0.1, 0.15) is 5.56 Å². The number of aromatic nitrogens is 2. The van der Waals surface area contributed by atoms with Crippen molar-refractivity contribution in [2.75, 3.05) is 6.26 Å². The van der Waals surface area contributed by atoms with E-state index in [0.29, 0.717) is 10.6 Å². The van der Waals surface area contributed by atoms with Gasteiger partial charge >= 0.3 is 0 Å². The molecule has 50 valence electrons. The van der Waals surface area contributed by atoms with Crippen molar-refractivity contribution in [3.8, 4) is 6.07 Å². The molecule has 1 rings (SSSR count). The number of nitriles is 1. The minimum absolute atomic E-state index is 0.586. The zero-order valence-electron chi connectivity index (χ0n) is 5.40. The van der Waals surface area contributed by atoms with Gasteiger partial charge in [0.2, 0.25) is 0 Å². The van der Waals surface area contributed by atoms with Crippen molar-refractivity contribution < 1.29 is 0 Å². The summed E-state index contributed by atoms with van der Waals surface area (Å²) < 4.78 is 0. The van der Waals surface area contributed by atoms with Crippen LogP contribution < -0.4 is 0 Å². The first kappa shape index (κ1) is 7.03. The third-order valence-corrected chi connectivity index (χ3v) is 1.69. The Hall–Kier alpha value is -1.08. The summed E-state index contributed by atoms with van der Waals surface area (Å²) in [4.78, 5) is 0. The second kappa shape index (κ2) is 3.18. The van der Waals surface area contributed by atoms with Crippen LogP contribution in [0, 0.1) is 11.3 Å². The fourth-order valence-corrected chi connectivity index (χ4v) is 1.02. The lowest BCUT2D eigenvalue weighted by molar-refractivity contribution is 0.921. The summed E-state index contributed by atoms with van der Waals surface area (Å²) in [6.45, 7) is 0. The lowest BCUT2D eigenvalue weighted by atomic mass is 10.3. The highest BCUT2D eigenvalue weighted by Crippen LogP contribution is 2.13. The van der Waals surface area contributed by atoms with Crippen LogP contribution in [0.3, 0.4) is 0 Å². The van der Waals surface area contributed by atoms with E-state index in [0.717, 1.165) is 0 Å². The molecule has 1 aromatic rings. The molecule has 1 aromatic heterocycles. The molecular weight excluding hydrogens is 146 g/mol. The summed E-state index contributed by atoms with van der Waals surface area (Å²) in [6, 6.07) is 3.67. The summed E-state index contributed by atoms with van der Waals surface area (Å²) in [5.41, 5.74) is 0.586. The van der Waals surface area contributed by atoms with Gasteiger partial charge in [-0.25, -0.2) is 0 Å². The molecule has 1 heterocycles. The monoisotopic (exact) mass is 151 g/mol. The quantitative estimate of drug-likeness (QED) is 0.563. The highest BCUT2D eigenvalue weighted by Gasteiger charge is 1.98. The Morgan fingerprint density at radius 1 is 1.70 bits per heavy atom. The van der Waals surface area contributed by atoms with Crippen LogP contribution >= 0.6 is 11.8 Å². The van der Waals surface area contributed by atoms with Crippen LogP contribution in [0.15, 0.2) is 17.3 Å². The Morgan fingerprint density at radius 3 is 3.00 bits per heavy atom. The normalized spacial score (nSPS) is 8.80. The van der Waals surface area contributed by atoms with Crippen molar-refractivity contribution in [3.63, 3.8) is 0 Å². The van der Waals surface area contributed by atoms with E-state index >= 15 is 0 Å². The molecule has 0 saturated carbocycles. The van der Waals surface area contributed by atoms with Crippen molar-refractivity contribution in [1.82, 2.24) is 10.2 Å². The highest BCUT2D eigenvalue weighted by atomic mass is 32.2. The maximum absolute atomic E-state index is 8.52. The molecule has 0 radical (unpaired) electrons. The topological polar surface area (TPSA) is 49.6 Å². The molecule has 4 heteroatoms. The minimum atomic E-state index is 0.586. The molecule has 0 unspecified atom stereocenters. The molecule has 10 heavy (non-hydrogen) atoms. The Bertz CT molecular complexity index is 266. The van der Waals surface area contributed by atoms with Gasteiger partial charge in [-0.3, -0.25) is 0 Å². The van der Waals surface area contributed by atoms with Gasteiger partial charge in [-0.05, 0) is 12.3 Å². The summed E-state index contributed by atoms with van der Waals surface area (Å²) in [5, 5.41) is 16.6. The standard InChI is InChI=1S/C6H5N3S/c1-10-6-5(4-7)2-3-8-9-6/h2-3H,1H3. The molecule has 0 aromatic carbocycles. The second-order valence-electron chi connectivity index (χ2n) is 1.57. The first-order valence-corrected chi connectivity index (χ1v) is 3.86. The van der Waals surface area contributed by atoms with Crippen LogP contribution in [-0.2, 0) is 0 Å². The van der Waals surface area contributed by atoms with E-state index in [2.05, 4.69) is 10.2 Å². The molecule has 0 bridgehead atoms. The Kier molecular flexibility index (Phi) is 2.24. The summed E-state index contributed by atoms with van der Waals surface area (Å²) >= 11 is 1.42.